The number of nitriles is 1. The third-order valence-electron chi connectivity index (χ3n) is 5.22. The van der Waals surface area contributed by atoms with Crippen molar-refractivity contribution < 1.29 is 14.3 Å². The SMILES string of the molecule is CC.COC(=O)c1ccc2c(-c3cccc(C#N)c3)cn(C3CCOCC3)c2c1Cl. The Labute approximate surface area is 181 Å². The molecule has 0 spiro atoms. The lowest BCUT2D eigenvalue weighted by Crippen LogP contribution is -2.19. The van der Waals surface area contributed by atoms with Crippen LogP contribution in [0.2, 0.25) is 5.02 Å². The molecule has 1 aliphatic heterocycles. The number of aromatic nitrogens is 1. The molecule has 6 heteroatoms. The Morgan fingerprint density at radius 2 is 1.97 bits per heavy atom. The first-order chi connectivity index (χ1) is 14.6. The van der Waals surface area contributed by atoms with Crippen molar-refractivity contribution in [1.82, 2.24) is 4.57 Å². The lowest BCUT2D eigenvalue weighted by atomic mass is 10.0. The first kappa shape index (κ1) is 21.9. The summed E-state index contributed by atoms with van der Waals surface area (Å²) >= 11 is 6.69. The molecule has 0 bridgehead atoms. The Hall–Kier alpha value is -2.81. The summed E-state index contributed by atoms with van der Waals surface area (Å²) in [7, 11) is 1.35. The van der Waals surface area contributed by atoms with Crippen LogP contribution in [0.3, 0.4) is 0 Å². The molecule has 2 heterocycles. The first-order valence-electron chi connectivity index (χ1n) is 10.1. The van der Waals surface area contributed by atoms with Gasteiger partial charge >= 0.3 is 5.97 Å². The fourth-order valence-corrected chi connectivity index (χ4v) is 4.15. The summed E-state index contributed by atoms with van der Waals surface area (Å²) in [6.45, 7) is 5.38. The fraction of sp³-hybridized carbons (Fsp3) is 0.333. The van der Waals surface area contributed by atoms with Crippen LogP contribution in [0, 0.1) is 11.3 Å². The first-order valence-corrected chi connectivity index (χ1v) is 10.5. The van der Waals surface area contributed by atoms with E-state index in [-0.39, 0.29) is 6.04 Å². The number of hydrogen-bond donors (Lipinski definition) is 0. The molecule has 4 rings (SSSR count). The number of methoxy groups -OCH3 is 1. The molecule has 1 fully saturated rings. The molecule has 1 aliphatic rings. The lowest BCUT2D eigenvalue weighted by Gasteiger charge is -2.25. The molecule has 0 aliphatic carbocycles. The second-order valence-corrected chi connectivity index (χ2v) is 7.18. The Morgan fingerprint density at radius 1 is 1.23 bits per heavy atom. The maximum absolute atomic E-state index is 12.2. The molecule has 0 radical (unpaired) electrons. The third kappa shape index (κ3) is 4.07. The predicted molar refractivity (Wildman–Crippen MR) is 119 cm³/mol. The average Bonchev–Trinajstić information content (AvgIpc) is 3.21. The maximum atomic E-state index is 12.2. The monoisotopic (exact) mass is 424 g/mol. The summed E-state index contributed by atoms with van der Waals surface area (Å²) in [6.07, 6.45) is 3.82. The van der Waals surface area contributed by atoms with Crippen molar-refractivity contribution in [3.05, 3.63) is 58.7 Å². The van der Waals surface area contributed by atoms with Crippen molar-refractivity contribution in [3.8, 4) is 17.2 Å². The summed E-state index contributed by atoms with van der Waals surface area (Å²) in [4.78, 5) is 12.2. The van der Waals surface area contributed by atoms with Crippen LogP contribution < -0.4 is 0 Å². The van der Waals surface area contributed by atoms with Gasteiger partial charge in [0, 0.05) is 36.4 Å². The number of ether oxygens (including phenoxy) is 2. The van der Waals surface area contributed by atoms with Crippen LogP contribution in [0.15, 0.2) is 42.6 Å². The Kier molecular flexibility index (Phi) is 7.15. The topological polar surface area (TPSA) is 64.2 Å². The van der Waals surface area contributed by atoms with Crippen molar-refractivity contribution in [2.45, 2.75) is 32.7 Å². The standard InChI is InChI=1S/C22H19ClN2O3.C2H6/c1-27-22(26)18-6-5-17-19(15-4-2-3-14(11-15)12-24)13-25(21(17)20(18)23)16-7-9-28-10-8-16;1-2/h2-6,11,13,16H,7-10H2,1H3;1-2H3. The number of hydrogen-bond acceptors (Lipinski definition) is 4. The van der Waals surface area contributed by atoms with E-state index in [0.29, 0.717) is 29.4 Å². The van der Waals surface area contributed by atoms with Gasteiger partial charge in [-0.1, -0.05) is 43.6 Å². The van der Waals surface area contributed by atoms with Gasteiger partial charge in [-0.3, -0.25) is 0 Å². The van der Waals surface area contributed by atoms with Gasteiger partial charge < -0.3 is 14.0 Å². The van der Waals surface area contributed by atoms with Crippen molar-refractivity contribution in [3.63, 3.8) is 0 Å². The van der Waals surface area contributed by atoms with Crippen LogP contribution in [0.4, 0.5) is 0 Å². The fourth-order valence-electron chi connectivity index (χ4n) is 3.81. The number of carbonyl (C=O) groups excluding carboxylic acids is 1. The number of halogens is 1. The Morgan fingerprint density at radius 3 is 2.63 bits per heavy atom. The van der Waals surface area contributed by atoms with E-state index in [9.17, 15) is 10.1 Å². The highest BCUT2D eigenvalue weighted by atomic mass is 35.5. The highest BCUT2D eigenvalue weighted by molar-refractivity contribution is 6.38. The Balaban J connectivity index is 0.00000124. The number of carbonyl (C=O) groups is 1. The summed E-state index contributed by atoms with van der Waals surface area (Å²) in [5.74, 6) is -0.459. The largest absolute Gasteiger partial charge is 0.465 e. The van der Waals surface area contributed by atoms with Gasteiger partial charge in [-0.25, -0.2) is 4.79 Å². The number of benzene rings is 2. The zero-order valence-electron chi connectivity index (χ0n) is 17.4. The molecule has 2 aromatic carbocycles. The zero-order chi connectivity index (χ0) is 21.7. The molecule has 0 N–H and O–H groups in total. The molecular formula is C24H25ClN2O3. The van der Waals surface area contributed by atoms with Gasteiger partial charge in [-0.2, -0.15) is 5.26 Å². The molecular weight excluding hydrogens is 400 g/mol. The van der Waals surface area contributed by atoms with E-state index in [4.69, 9.17) is 21.1 Å². The van der Waals surface area contributed by atoms with E-state index in [2.05, 4.69) is 16.8 Å². The minimum absolute atomic E-state index is 0.231. The summed E-state index contributed by atoms with van der Waals surface area (Å²) < 4.78 is 12.5. The predicted octanol–water partition coefficient (Wildman–Crippen LogP) is 6.00. The van der Waals surface area contributed by atoms with Gasteiger partial charge in [0.05, 0.1) is 34.8 Å². The molecule has 30 heavy (non-hydrogen) atoms. The van der Waals surface area contributed by atoms with Crippen LogP contribution in [-0.4, -0.2) is 30.9 Å². The van der Waals surface area contributed by atoms with Crippen molar-refractivity contribution in [2.24, 2.45) is 0 Å². The van der Waals surface area contributed by atoms with Gasteiger partial charge in [-0.15, -0.1) is 0 Å². The molecule has 156 valence electrons. The van der Waals surface area contributed by atoms with E-state index in [1.807, 2.05) is 38.1 Å². The summed E-state index contributed by atoms with van der Waals surface area (Å²) in [5.41, 5.74) is 3.68. The summed E-state index contributed by atoms with van der Waals surface area (Å²) in [6, 6.07) is 13.5. The number of rotatable bonds is 3. The molecule has 5 nitrogen and oxygen atoms in total. The number of fused-ring (bicyclic) bond motifs is 1. The van der Waals surface area contributed by atoms with Gasteiger partial charge in [0.15, 0.2) is 0 Å². The highest BCUT2D eigenvalue weighted by Crippen LogP contribution is 2.40. The minimum atomic E-state index is -0.459. The van der Waals surface area contributed by atoms with E-state index in [1.165, 1.54) is 7.11 Å². The molecule has 3 aromatic rings. The quantitative estimate of drug-likeness (QED) is 0.484. The molecule has 0 unspecified atom stereocenters. The second kappa shape index (κ2) is 9.80. The lowest BCUT2D eigenvalue weighted by molar-refractivity contribution is 0.0600. The van der Waals surface area contributed by atoms with E-state index < -0.39 is 5.97 Å². The number of esters is 1. The normalized spacial score (nSPS) is 14.0. The number of nitrogens with zero attached hydrogens (tertiary/aromatic N) is 2. The maximum Gasteiger partial charge on any atom is 0.339 e. The van der Waals surface area contributed by atoms with E-state index in [0.717, 1.165) is 34.9 Å². The highest BCUT2D eigenvalue weighted by Gasteiger charge is 2.24. The second-order valence-electron chi connectivity index (χ2n) is 6.80. The summed E-state index contributed by atoms with van der Waals surface area (Å²) in [5, 5.41) is 10.6. The van der Waals surface area contributed by atoms with Crippen molar-refractivity contribution in [2.75, 3.05) is 20.3 Å². The smallest absolute Gasteiger partial charge is 0.339 e. The van der Waals surface area contributed by atoms with E-state index >= 15 is 0 Å². The van der Waals surface area contributed by atoms with Crippen LogP contribution in [0.1, 0.15) is 48.7 Å². The van der Waals surface area contributed by atoms with Crippen LogP contribution in [0.25, 0.3) is 22.0 Å². The van der Waals surface area contributed by atoms with Gasteiger partial charge in [-0.05, 0) is 36.6 Å². The zero-order valence-corrected chi connectivity index (χ0v) is 18.2. The van der Waals surface area contributed by atoms with Gasteiger partial charge in [0.1, 0.15) is 0 Å². The Bertz CT molecular complexity index is 1090. The van der Waals surface area contributed by atoms with Gasteiger partial charge in [0.25, 0.3) is 0 Å². The van der Waals surface area contributed by atoms with Crippen molar-refractivity contribution in [1.29, 1.82) is 5.26 Å². The van der Waals surface area contributed by atoms with Crippen molar-refractivity contribution >= 4 is 28.5 Å². The molecule has 1 saturated heterocycles. The third-order valence-corrected chi connectivity index (χ3v) is 5.61. The van der Waals surface area contributed by atoms with Crippen LogP contribution in [0.5, 0.6) is 0 Å². The average molecular weight is 425 g/mol. The molecule has 0 saturated carbocycles. The minimum Gasteiger partial charge on any atom is -0.465 e. The molecule has 0 atom stereocenters. The molecule has 1 aromatic heterocycles. The van der Waals surface area contributed by atoms with Crippen LogP contribution >= 0.6 is 11.6 Å². The van der Waals surface area contributed by atoms with E-state index in [1.54, 1.807) is 12.1 Å². The van der Waals surface area contributed by atoms with Gasteiger partial charge in [0.2, 0.25) is 0 Å². The van der Waals surface area contributed by atoms with Crippen LogP contribution in [-0.2, 0) is 9.47 Å². The molecule has 0 amide bonds.